The molecule has 0 atom stereocenters. The SMILES string of the molecule is CN(CCOc1ccccc1)C(=O)C1CCC(C(=O)O)CC1. The standard InChI is InChI=1S/C17H23NO4/c1-18(11-12-22-15-5-3-2-4-6-15)16(19)13-7-9-14(10-8-13)17(20)21/h2-6,13-14H,7-12H2,1H3,(H,20,21). The Morgan fingerprint density at radius 2 is 1.73 bits per heavy atom. The van der Waals surface area contributed by atoms with Crippen LogP contribution >= 0.6 is 0 Å². The van der Waals surface area contributed by atoms with E-state index < -0.39 is 5.97 Å². The van der Waals surface area contributed by atoms with E-state index in [0.29, 0.717) is 38.8 Å². The highest BCUT2D eigenvalue weighted by atomic mass is 16.5. The molecular weight excluding hydrogens is 282 g/mol. The normalized spacial score (nSPS) is 21.1. The molecule has 1 aromatic rings. The van der Waals surface area contributed by atoms with Crippen molar-refractivity contribution in [3.05, 3.63) is 30.3 Å². The van der Waals surface area contributed by atoms with Gasteiger partial charge in [-0.2, -0.15) is 0 Å². The first-order chi connectivity index (χ1) is 10.6. The second-order valence-corrected chi connectivity index (χ2v) is 5.81. The fourth-order valence-electron chi connectivity index (χ4n) is 2.83. The van der Waals surface area contributed by atoms with Crippen LogP contribution in [0, 0.1) is 11.8 Å². The molecule has 1 fully saturated rings. The molecule has 1 aliphatic rings. The van der Waals surface area contributed by atoms with Crippen LogP contribution in [0.3, 0.4) is 0 Å². The minimum Gasteiger partial charge on any atom is -0.492 e. The number of aliphatic carboxylic acids is 1. The maximum atomic E-state index is 12.3. The summed E-state index contributed by atoms with van der Waals surface area (Å²) in [4.78, 5) is 25.0. The summed E-state index contributed by atoms with van der Waals surface area (Å²) in [5.74, 6) is -0.172. The average Bonchev–Trinajstić information content (AvgIpc) is 2.55. The van der Waals surface area contributed by atoms with Gasteiger partial charge in [-0.25, -0.2) is 0 Å². The molecule has 5 nitrogen and oxygen atoms in total. The smallest absolute Gasteiger partial charge is 0.306 e. The van der Waals surface area contributed by atoms with Crippen molar-refractivity contribution in [3.8, 4) is 5.75 Å². The van der Waals surface area contributed by atoms with Gasteiger partial charge in [-0.05, 0) is 37.8 Å². The van der Waals surface area contributed by atoms with Crippen LogP contribution in [0.4, 0.5) is 0 Å². The Morgan fingerprint density at radius 3 is 2.32 bits per heavy atom. The number of carboxylic acids is 1. The van der Waals surface area contributed by atoms with E-state index in [2.05, 4.69) is 0 Å². The molecule has 0 saturated heterocycles. The predicted octanol–water partition coefficient (Wildman–Crippen LogP) is 2.41. The Balaban J connectivity index is 1.72. The number of rotatable bonds is 6. The second-order valence-electron chi connectivity index (χ2n) is 5.81. The van der Waals surface area contributed by atoms with E-state index in [4.69, 9.17) is 9.84 Å². The summed E-state index contributed by atoms with van der Waals surface area (Å²) in [5, 5.41) is 8.98. The van der Waals surface area contributed by atoms with Gasteiger partial charge in [0.15, 0.2) is 0 Å². The first-order valence-electron chi connectivity index (χ1n) is 7.73. The van der Waals surface area contributed by atoms with Crippen LogP contribution in [-0.2, 0) is 9.59 Å². The van der Waals surface area contributed by atoms with Crippen LogP contribution in [0.1, 0.15) is 25.7 Å². The molecule has 5 heteroatoms. The topological polar surface area (TPSA) is 66.8 Å². The van der Waals surface area contributed by atoms with Crippen molar-refractivity contribution in [2.24, 2.45) is 11.8 Å². The molecular formula is C17H23NO4. The van der Waals surface area contributed by atoms with Gasteiger partial charge in [0, 0.05) is 13.0 Å². The Labute approximate surface area is 130 Å². The van der Waals surface area contributed by atoms with Gasteiger partial charge in [0.1, 0.15) is 12.4 Å². The molecule has 0 unspecified atom stereocenters. The van der Waals surface area contributed by atoms with Gasteiger partial charge in [0.25, 0.3) is 0 Å². The number of carboxylic acid groups (broad SMARTS) is 1. The molecule has 0 aromatic heterocycles. The zero-order valence-electron chi connectivity index (χ0n) is 12.9. The third-order valence-corrected chi connectivity index (χ3v) is 4.24. The first kappa shape index (κ1) is 16.3. The van der Waals surface area contributed by atoms with Crippen molar-refractivity contribution in [2.75, 3.05) is 20.2 Å². The molecule has 1 aromatic carbocycles. The summed E-state index contributed by atoms with van der Waals surface area (Å²) in [6.07, 6.45) is 2.53. The quantitative estimate of drug-likeness (QED) is 0.876. The Bertz CT molecular complexity index is 495. The highest BCUT2D eigenvalue weighted by molar-refractivity contribution is 5.79. The van der Waals surface area contributed by atoms with Gasteiger partial charge in [0.2, 0.25) is 5.91 Å². The van der Waals surface area contributed by atoms with E-state index in [1.165, 1.54) is 0 Å². The lowest BCUT2D eigenvalue weighted by Gasteiger charge is -2.28. The average molecular weight is 305 g/mol. The number of hydrogen-bond acceptors (Lipinski definition) is 3. The molecule has 0 radical (unpaired) electrons. The summed E-state index contributed by atoms with van der Waals surface area (Å²) in [6, 6.07) is 9.51. The van der Waals surface area contributed by atoms with Crippen LogP contribution in [0.2, 0.25) is 0 Å². The molecule has 22 heavy (non-hydrogen) atoms. The maximum absolute atomic E-state index is 12.3. The number of amides is 1. The molecule has 0 aliphatic heterocycles. The summed E-state index contributed by atoms with van der Waals surface area (Å²) in [6.45, 7) is 0.989. The monoisotopic (exact) mass is 305 g/mol. The lowest BCUT2D eigenvalue weighted by molar-refractivity contribution is -0.145. The molecule has 0 heterocycles. The van der Waals surface area contributed by atoms with Gasteiger partial charge in [-0.1, -0.05) is 18.2 Å². The van der Waals surface area contributed by atoms with Crippen LogP contribution in [-0.4, -0.2) is 42.1 Å². The summed E-state index contributed by atoms with van der Waals surface area (Å²) < 4.78 is 5.59. The van der Waals surface area contributed by atoms with Gasteiger partial charge < -0.3 is 14.7 Å². The number of nitrogens with zero attached hydrogens (tertiary/aromatic N) is 1. The number of ether oxygens (including phenoxy) is 1. The lowest BCUT2D eigenvalue weighted by atomic mass is 9.81. The third-order valence-electron chi connectivity index (χ3n) is 4.24. The van der Waals surface area contributed by atoms with Crippen molar-refractivity contribution >= 4 is 11.9 Å². The van der Waals surface area contributed by atoms with Gasteiger partial charge in [-0.15, -0.1) is 0 Å². The number of likely N-dealkylation sites (N-methyl/N-ethyl adjacent to an activating group) is 1. The lowest BCUT2D eigenvalue weighted by Crippen LogP contribution is -2.38. The van der Waals surface area contributed by atoms with Crippen molar-refractivity contribution in [2.45, 2.75) is 25.7 Å². The highest BCUT2D eigenvalue weighted by Crippen LogP contribution is 2.29. The molecule has 120 valence electrons. The van der Waals surface area contributed by atoms with E-state index >= 15 is 0 Å². The highest BCUT2D eigenvalue weighted by Gasteiger charge is 2.30. The molecule has 2 rings (SSSR count). The molecule has 0 spiro atoms. The van der Waals surface area contributed by atoms with E-state index in [0.717, 1.165) is 5.75 Å². The zero-order chi connectivity index (χ0) is 15.9. The number of carbonyl (C=O) groups excluding carboxylic acids is 1. The largest absolute Gasteiger partial charge is 0.492 e. The molecule has 1 aliphatic carbocycles. The summed E-state index contributed by atoms with van der Waals surface area (Å²) >= 11 is 0. The Morgan fingerprint density at radius 1 is 1.14 bits per heavy atom. The number of benzene rings is 1. The van der Waals surface area contributed by atoms with Crippen LogP contribution < -0.4 is 4.74 Å². The minimum atomic E-state index is -0.740. The van der Waals surface area contributed by atoms with Gasteiger partial charge in [0.05, 0.1) is 12.5 Å². The second kappa shape index (κ2) is 7.82. The van der Waals surface area contributed by atoms with E-state index in [9.17, 15) is 9.59 Å². The molecule has 0 bridgehead atoms. The maximum Gasteiger partial charge on any atom is 0.306 e. The summed E-state index contributed by atoms with van der Waals surface area (Å²) in [5.41, 5.74) is 0. The first-order valence-corrected chi connectivity index (χ1v) is 7.73. The van der Waals surface area contributed by atoms with Crippen LogP contribution in [0.25, 0.3) is 0 Å². The predicted molar refractivity (Wildman–Crippen MR) is 82.7 cm³/mol. The minimum absolute atomic E-state index is 0.0441. The molecule has 1 amide bonds. The Kier molecular flexibility index (Phi) is 5.81. The number of hydrogen-bond donors (Lipinski definition) is 1. The Hall–Kier alpha value is -2.04. The summed E-state index contributed by atoms with van der Waals surface area (Å²) in [7, 11) is 1.78. The number of para-hydroxylation sites is 1. The molecule has 1 saturated carbocycles. The van der Waals surface area contributed by atoms with E-state index in [1.807, 2.05) is 30.3 Å². The fourth-order valence-corrected chi connectivity index (χ4v) is 2.83. The van der Waals surface area contributed by atoms with Crippen molar-refractivity contribution < 1.29 is 19.4 Å². The fraction of sp³-hybridized carbons (Fsp3) is 0.529. The number of carbonyl (C=O) groups is 2. The van der Waals surface area contributed by atoms with Crippen molar-refractivity contribution in [1.82, 2.24) is 4.90 Å². The van der Waals surface area contributed by atoms with Crippen LogP contribution in [0.15, 0.2) is 30.3 Å². The third kappa shape index (κ3) is 4.48. The van der Waals surface area contributed by atoms with Gasteiger partial charge in [-0.3, -0.25) is 9.59 Å². The van der Waals surface area contributed by atoms with Crippen molar-refractivity contribution in [1.29, 1.82) is 0 Å². The van der Waals surface area contributed by atoms with Crippen LogP contribution in [0.5, 0.6) is 5.75 Å². The molecule has 1 N–H and O–H groups in total. The van der Waals surface area contributed by atoms with E-state index in [-0.39, 0.29) is 17.7 Å². The van der Waals surface area contributed by atoms with Crippen molar-refractivity contribution in [3.63, 3.8) is 0 Å². The van der Waals surface area contributed by atoms with Gasteiger partial charge >= 0.3 is 5.97 Å². The van der Waals surface area contributed by atoms with E-state index in [1.54, 1.807) is 11.9 Å². The zero-order valence-corrected chi connectivity index (χ0v) is 12.9.